The molecule has 2 rings (SSSR count). The SMILES string of the molecule is CC(c1ccccc1O)N(O)C(Cc1ccc(O)cc1)C(=O)O. The summed E-state index contributed by atoms with van der Waals surface area (Å²) in [4.78, 5) is 11.5. The molecule has 4 N–H and O–H groups in total. The molecule has 0 fully saturated rings. The first-order valence-corrected chi connectivity index (χ1v) is 7.16. The molecule has 23 heavy (non-hydrogen) atoms. The molecule has 0 aliphatic rings. The number of aromatic hydroxyl groups is 2. The smallest absolute Gasteiger partial charge is 0.323 e. The van der Waals surface area contributed by atoms with Gasteiger partial charge in [0.15, 0.2) is 0 Å². The van der Waals surface area contributed by atoms with Gasteiger partial charge in [0.1, 0.15) is 17.5 Å². The number of phenolic OH excluding ortho intramolecular Hbond substituents is 2. The van der Waals surface area contributed by atoms with E-state index in [0.717, 1.165) is 5.06 Å². The second-order valence-corrected chi connectivity index (χ2v) is 5.34. The third kappa shape index (κ3) is 4.00. The number of hydroxylamine groups is 2. The average molecular weight is 317 g/mol. The molecule has 6 nitrogen and oxygen atoms in total. The molecule has 0 aromatic heterocycles. The molecule has 2 atom stereocenters. The van der Waals surface area contributed by atoms with Gasteiger partial charge in [-0.3, -0.25) is 4.79 Å². The van der Waals surface area contributed by atoms with Crippen LogP contribution >= 0.6 is 0 Å². The summed E-state index contributed by atoms with van der Waals surface area (Å²) < 4.78 is 0. The number of rotatable bonds is 6. The van der Waals surface area contributed by atoms with Crippen LogP contribution in [0.1, 0.15) is 24.1 Å². The zero-order chi connectivity index (χ0) is 17.0. The van der Waals surface area contributed by atoms with E-state index in [9.17, 15) is 25.3 Å². The molecule has 0 aliphatic heterocycles. The van der Waals surface area contributed by atoms with Gasteiger partial charge in [0.25, 0.3) is 0 Å². The molecule has 0 heterocycles. The molecule has 0 saturated carbocycles. The Morgan fingerprint density at radius 2 is 1.70 bits per heavy atom. The van der Waals surface area contributed by atoms with E-state index >= 15 is 0 Å². The first kappa shape index (κ1) is 16.8. The second-order valence-electron chi connectivity index (χ2n) is 5.34. The molecular formula is C17H19NO5. The Hall–Kier alpha value is -2.57. The Morgan fingerprint density at radius 1 is 1.09 bits per heavy atom. The zero-order valence-corrected chi connectivity index (χ0v) is 12.6. The van der Waals surface area contributed by atoms with Crippen LogP contribution in [-0.4, -0.2) is 37.6 Å². The van der Waals surface area contributed by atoms with Gasteiger partial charge in [-0.1, -0.05) is 30.3 Å². The molecule has 2 aromatic carbocycles. The molecule has 0 bridgehead atoms. The Balaban J connectivity index is 2.21. The summed E-state index contributed by atoms with van der Waals surface area (Å²) in [6.45, 7) is 1.61. The van der Waals surface area contributed by atoms with Crippen LogP contribution in [0.5, 0.6) is 11.5 Å². The number of aliphatic carboxylic acids is 1. The van der Waals surface area contributed by atoms with E-state index in [1.807, 2.05) is 0 Å². The summed E-state index contributed by atoms with van der Waals surface area (Å²) in [7, 11) is 0. The maximum Gasteiger partial charge on any atom is 0.323 e. The van der Waals surface area contributed by atoms with Gasteiger partial charge in [-0.2, -0.15) is 5.06 Å². The molecule has 6 heteroatoms. The highest BCUT2D eigenvalue weighted by Gasteiger charge is 2.30. The predicted octanol–water partition coefficient (Wildman–Crippen LogP) is 2.55. The maximum absolute atomic E-state index is 11.5. The Kier molecular flexibility index (Phi) is 5.20. The largest absolute Gasteiger partial charge is 0.508 e. The minimum Gasteiger partial charge on any atom is -0.508 e. The molecule has 0 amide bonds. The van der Waals surface area contributed by atoms with Crippen molar-refractivity contribution >= 4 is 5.97 Å². The highest BCUT2D eigenvalue weighted by Crippen LogP contribution is 2.29. The van der Waals surface area contributed by atoms with E-state index in [2.05, 4.69) is 0 Å². The van der Waals surface area contributed by atoms with Gasteiger partial charge in [0.2, 0.25) is 0 Å². The minimum absolute atomic E-state index is 0.00665. The highest BCUT2D eigenvalue weighted by atomic mass is 16.5. The van der Waals surface area contributed by atoms with Gasteiger partial charge in [-0.05, 0) is 30.7 Å². The van der Waals surface area contributed by atoms with Crippen molar-refractivity contribution in [3.05, 3.63) is 59.7 Å². The van der Waals surface area contributed by atoms with Crippen molar-refractivity contribution in [1.82, 2.24) is 5.06 Å². The molecule has 122 valence electrons. The molecule has 2 aromatic rings. The quantitative estimate of drug-likeness (QED) is 0.611. The number of phenols is 2. The van der Waals surface area contributed by atoms with Gasteiger partial charge in [0.05, 0.1) is 6.04 Å². The van der Waals surface area contributed by atoms with Gasteiger partial charge >= 0.3 is 5.97 Å². The number of carboxylic acid groups (broad SMARTS) is 1. The van der Waals surface area contributed by atoms with Crippen molar-refractivity contribution < 1.29 is 25.3 Å². The maximum atomic E-state index is 11.5. The van der Waals surface area contributed by atoms with Crippen molar-refractivity contribution in [2.75, 3.05) is 0 Å². The summed E-state index contributed by atoms with van der Waals surface area (Å²) in [5.74, 6) is -1.10. The van der Waals surface area contributed by atoms with Crippen LogP contribution in [0.4, 0.5) is 0 Å². The lowest BCUT2D eigenvalue weighted by Gasteiger charge is -2.29. The number of carboxylic acids is 1. The monoisotopic (exact) mass is 317 g/mol. The van der Waals surface area contributed by atoms with Crippen LogP contribution in [0, 0.1) is 0 Å². The van der Waals surface area contributed by atoms with E-state index in [1.165, 1.54) is 18.2 Å². The van der Waals surface area contributed by atoms with Crippen LogP contribution < -0.4 is 0 Å². The molecule has 0 aliphatic carbocycles. The lowest BCUT2D eigenvalue weighted by Crippen LogP contribution is -2.42. The summed E-state index contributed by atoms with van der Waals surface area (Å²) in [6, 6.07) is 10.7. The van der Waals surface area contributed by atoms with Gasteiger partial charge in [-0.15, -0.1) is 0 Å². The Morgan fingerprint density at radius 3 is 2.26 bits per heavy atom. The lowest BCUT2D eigenvalue weighted by molar-refractivity contribution is -0.183. The molecule has 0 radical (unpaired) electrons. The topological polar surface area (TPSA) is 101 Å². The van der Waals surface area contributed by atoms with Crippen molar-refractivity contribution in [3.8, 4) is 11.5 Å². The Labute approximate surface area is 133 Å². The van der Waals surface area contributed by atoms with Crippen LogP contribution in [0.25, 0.3) is 0 Å². The normalized spacial score (nSPS) is 13.7. The number of nitrogens with zero attached hydrogens (tertiary/aromatic N) is 1. The van der Waals surface area contributed by atoms with E-state index in [0.29, 0.717) is 11.1 Å². The predicted molar refractivity (Wildman–Crippen MR) is 83.4 cm³/mol. The van der Waals surface area contributed by atoms with Crippen LogP contribution in [0.2, 0.25) is 0 Å². The van der Waals surface area contributed by atoms with Crippen LogP contribution in [-0.2, 0) is 11.2 Å². The Bertz CT molecular complexity index is 671. The number of benzene rings is 2. The van der Waals surface area contributed by atoms with Crippen molar-refractivity contribution in [3.63, 3.8) is 0 Å². The average Bonchev–Trinajstić information content (AvgIpc) is 2.53. The summed E-state index contributed by atoms with van der Waals surface area (Å²) in [6.07, 6.45) is 0.0596. The van der Waals surface area contributed by atoms with Crippen LogP contribution in [0.15, 0.2) is 48.5 Å². The fraction of sp³-hybridized carbons (Fsp3) is 0.235. The highest BCUT2D eigenvalue weighted by molar-refractivity contribution is 5.73. The van der Waals surface area contributed by atoms with Crippen LogP contribution in [0.3, 0.4) is 0 Å². The fourth-order valence-electron chi connectivity index (χ4n) is 2.40. The van der Waals surface area contributed by atoms with E-state index in [-0.39, 0.29) is 17.9 Å². The number of para-hydroxylation sites is 1. The molecule has 0 spiro atoms. The van der Waals surface area contributed by atoms with Crippen molar-refractivity contribution in [1.29, 1.82) is 0 Å². The summed E-state index contributed by atoms with van der Waals surface area (Å²) in [5.41, 5.74) is 1.10. The third-order valence-electron chi connectivity index (χ3n) is 3.75. The standard InChI is InChI=1S/C17H19NO5/c1-11(14-4-2-3-5-16(14)20)18(23)15(17(21)22)10-12-6-8-13(19)9-7-12/h2-9,11,15,19-20,23H,10H2,1H3,(H,21,22). The molecule has 0 saturated heterocycles. The van der Waals surface area contributed by atoms with Crippen molar-refractivity contribution in [2.24, 2.45) is 0 Å². The van der Waals surface area contributed by atoms with Gasteiger partial charge in [-0.25, -0.2) is 0 Å². The zero-order valence-electron chi connectivity index (χ0n) is 12.6. The van der Waals surface area contributed by atoms with E-state index in [4.69, 9.17) is 0 Å². The molecular weight excluding hydrogens is 298 g/mol. The molecule has 2 unspecified atom stereocenters. The lowest BCUT2D eigenvalue weighted by atomic mass is 10.0. The van der Waals surface area contributed by atoms with Gasteiger partial charge in [0, 0.05) is 12.0 Å². The fourth-order valence-corrected chi connectivity index (χ4v) is 2.40. The number of hydrogen-bond acceptors (Lipinski definition) is 5. The minimum atomic E-state index is -1.19. The van der Waals surface area contributed by atoms with Crippen molar-refractivity contribution in [2.45, 2.75) is 25.4 Å². The van der Waals surface area contributed by atoms with E-state index < -0.39 is 18.1 Å². The third-order valence-corrected chi connectivity index (χ3v) is 3.75. The summed E-state index contributed by atoms with van der Waals surface area (Å²) in [5, 5.41) is 39.6. The van der Waals surface area contributed by atoms with E-state index in [1.54, 1.807) is 37.3 Å². The number of carbonyl (C=O) groups is 1. The van der Waals surface area contributed by atoms with Gasteiger partial charge < -0.3 is 20.5 Å². The summed E-state index contributed by atoms with van der Waals surface area (Å²) >= 11 is 0. The first-order valence-electron chi connectivity index (χ1n) is 7.16. The number of hydrogen-bond donors (Lipinski definition) is 4. The second kappa shape index (κ2) is 7.13. The first-order chi connectivity index (χ1) is 10.9.